The molecule has 0 spiro atoms. The Bertz CT molecular complexity index is 621. The van der Waals surface area contributed by atoms with E-state index in [1.165, 1.54) is 18.2 Å². The minimum atomic E-state index is -0.615. The van der Waals surface area contributed by atoms with Crippen molar-refractivity contribution in [1.82, 2.24) is 10.3 Å². The number of amides is 1. The van der Waals surface area contributed by atoms with E-state index in [1.54, 1.807) is 19.9 Å². The number of hydrogen-bond donors (Lipinski definition) is 2. The molecule has 1 unspecified atom stereocenters. The van der Waals surface area contributed by atoms with E-state index in [9.17, 15) is 14.3 Å². The zero-order valence-electron chi connectivity index (χ0n) is 10.8. The molecule has 0 bridgehead atoms. The summed E-state index contributed by atoms with van der Waals surface area (Å²) in [7, 11) is 0. The maximum absolute atomic E-state index is 13.2. The van der Waals surface area contributed by atoms with Crippen LogP contribution in [0.15, 0.2) is 24.3 Å². The number of aliphatic hydroxyl groups is 1. The van der Waals surface area contributed by atoms with Crippen LogP contribution in [-0.2, 0) is 0 Å². The number of halogens is 1. The Morgan fingerprint density at radius 1 is 1.47 bits per heavy atom. The van der Waals surface area contributed by atoms with Crippen LogP contribution in [0.1, 0.15) is 23.0 Å². The van der Waals surface area contributed by atoms with Crippen LogP contribution in [0.4, 0.5) is 4.39 Å². The normalized spacial score (nSPS) is 12.4. The first kappa shape index (κ1) is 13.4. The highest BCUT2D eigenvalue weighted by Crippen LogP contribution is 2.19. The van der Waals surface area contributed by atoms with Gasteiger partial charge in [-0.1, -0.05) is 0 Å². The summed E-state index contributed by atoms with van der Waals surface area (Å²) >= 11 is 0. The van der Waals surface area contributed by atoms with Gasteiger partial charge in [-0.3, -0.25) is 9.78 Å². The molecule has 1 aromatic heterocycles. The molecule has 5 heteroatoms. The van der Waals surface area contributed by atoms with E-state index in [1.807, 2.05) is 0 Å². The highest BCUT2D eigenvalue weighted by molar-refractivity contribution is 6.06. The van der Waals surface area contributed by atoms with Crippen molar-refractivity contribution in [2.45, 2.75) is 20.0 Å². The Morgan fingerprint density at radius 2 is 2.21 bits per heavy atom. The van der Waals surface area contributed by atoms with Crippen molar-refractivity contribution >= 4 is 16.8 Å². The van der Waals surface area contributed by atoms with Gasteiger partial charge in [0.25, 0.3) is 5.91 Å². The fourth-order valence-corrected chi connectivity index (χ4v) is 1.86. The lowest BCUT2D eigenvalue weighted by molar-refractivity contribution is 0.0925. The number of nitrogens with one attached hydrogen (secondary N) is 1. The van der Waals surface area contributed by atoms with Gasteiger partial charge in [-0.2, -0.15) is 0 Å². The van der Waals surface area contributed by atoms with Crippen molar-refractivity contribution in [2.75, 3.05) is 6.54 Å². The molecule has 2 aromatic rings. The molecule has 0 saturated carbocycles. The van der Waals surface area contributed by atoms with Crippen LogP contribution in [-0.4, -0.2) is 28.6 Å². The number of nitrogens with zero attached hydrogens (tertiary/aromatic N) is 1. The summed E-state index contributed by atoms with van der Waals surface area (Å²) in [4.78, 5) is 16.3. The van der Waals surface area contributed by atoms with Crippen LogP contribution in [0, 0.1) is 12.7 Å². The summed E-state index contributed by atoms with van der Waals surface area (Å²) in [6, 6.07) is 5.78. The number of rotatable bonds is 3. The number of hydrogen-bond acceptors (Lipinski definition) is 3. The second kappa shape index (κ2) is 5.32. The fourth-order valence-electron chi connectivity index (χ4n) is 1.86. The van der Waals surface area contributed by atoms with Gasteiger partial charge in [-0.05, 0) is 32.0 Å². The third-order valence-corrected chi connectivity index (χ3v) is 2.70. The van der Waals surface area contributed by atoms with Crippen LogP contribution in [0.5, 0.6) is 0 Å². The molecule has 2 rings (SSSR count). The SMILES string of the molecule is Cc1cc(C(=O)NCC(C)O)c2ccc(F)cc2n1. The van der Waals surface area contributed by atoms with Crippen molar-refractivity contribution in [3.05, 3.63) is 41.3 Å². The van der Waals surface area contributed by atoms with Gasteiger partial charge >= 0.3 is 0 Å². The van der Waals surface area contributed by atoms with Crippen molar-refractivity contribution in [3.63, 3.8) is 0 Å². The minimum Gasteiger partial charge on any atom is -0.392 e. The molecule has 1 atom stereocenters. The summed E-state index contributed by atoms with van der Waals surface area (Å²) < 4.78 is 13.2. The Morgan fingerprint density at radius 3 is 2.89 bits per heavy atom. The first-order chi connectivity index (χ1) is 8.97. The quantitative estimate of drug-likeness (QED) is 0.886. The van der Waals surface area contributed by atoms with E-state index < -0.39 is 6.10 Å². The number of benzene rings is 1. The standard InChI is InChI=1S/C14H15FN2O2/c1-8-5-12(14(19)16-7-9(2)18)11-4-3-10(15)6-13(11)17-8/h3-6,9,18H,7H2,1-2H3,(H,16,19). The number of pyridine rings is 1. The van der Waals surface area contributed by atoms with Gasteiger partial charge in [0.15, 0.2) is 0 Å². The van der Waals surface area contributed by atoms with Crippen LogP contribution < -0.4 is 5.32 Å². The Balaban J connectivity index is 2.44. The lowest BCUT2D eigenvalue weighted by Gasteiger charge is -2.10. The fraction of sp³-hybridized carbons (Fsp3) is 0.286. The predicted octanol–water partition coefficient (Wildman–Crippen LogP) is 1.79. The van der Waals surface area contributed by atoms with Crippen molar-refractivity contribution in [3.8, 4) is 0 Å². The molecule has 0 saturated heterocycles. The highest BCUT2D eigenvalue weighted by Gasteiger charge is 2.12. The Kier molecular flexibility index (Phi) is 3.76. The number of fused-ring (bicyclic) bond motifs is 1. The van der Waals surface area contributed by atoms with Crippen LogP contribution in [0.25, 0.3) is 10.9 Å². The van der Waals surface area contributed by atoms with Gasteiger partial charge in [0.05, 0.1) is 17.2 Å². The van der Waals surface area contributed by atoms with Crippen molar-refractivity contribution in [1.29, 1.82) is 0 Å². The zero-order valence-corrected chi connectivity index (χ0v) is 10.8. The number of aliphatic hydroxyl groups excluding tert-OH is 1. The van der Waals surface area contributed by atoms with E-state index in [0.717, 1.165) is 0 Å². The molecule has 19 heavy (non-hydrogen) atoms. The maximum atomic E-state index is 13.2. The van der Waals surface area contributed by atoms with Gasteiger partial charge < -0.3 is 10.4 Å². The number of carbonyl (C=O) groups is 1. The minimum absolute atomic E-state index is 0.170. The molecule has 0 aliphatic rings. The molecule has 0 radical (unpaired) electrons. The maximum Gasteiger partial charge on any atom is 0.252 e. The summed E-state index contributed by atoms with van der Waals surface area (Å²) in [5.41, 5.74) is 1.52. The molecular weight excluding hydrogens is 247 g/mol. The molecular formula is C14H15FN2O2. The molecule has 1 amide bonds. The van der Waals surface area contributed by atoms with Gasteiger partial charge in [0, 0.05) is 23.7 Å². The first-order valence-corrected chi connectivity index (χ1v) is 6.00. The average molecular weight is 262 g/mol. The van der Waals surface area contributed by atoms with Gasteiger partial charge in [-0.15, -0.1) is 0 Å². The van der Waals surface area contributed by atoms with E-state index in [-0.39, 0.29) is 18.3 Å². The molecule has 100 valence electrons. The molecule has 4 nitrogen and oxygen atoms in total. The third-order valence-electron chi connectivity index (χ3n) is 2.70. The third kappa shape index (κ3) is 3.06. The second-order valence-electron chi connectivity index (χ2n) is 4.53. The second-order valence-corrected chi connectivity index (χ2v) is 4.53. The van der Waals surface area contributed by atoms with Gasteiger partial charge in [0.1, 0.15) is 5.82 Å². The lowest BCUT2D eigenvalue weighted by Crippen LogP contribution is -2.30. The molecule has 0 aliphatic carbocycles. The molecule has 1 aromatic carbocycles. The monoisotopic (exact) mass is 262 g/mol. The predicted molar refractivity (Wildman–Crippen MR) is 70.5 cm³/mol. The molecule has 2 N–H and O–H groups in total. The van der Waals surface area contributed by atoms with Crippen LogP contribution in [0.2, 0.25) is 0 Å². The van der Waals surface area contributed by atoms with Crippen LogP contribution >= 0.6 is 0 Å². The average Bonchev–Trinajstić information content (AvgIpc) is 2.34. The van der Waals surface area contributed by atoms with Gasteiger partial charge in [-0.25, -0.2) is 4.39 Å². The van der Waals surface area contributed by atoms with Gasteiger partial charge in [0.2, 0.25) is 0 Å². The lowest BCUT2D eigenvalue weighted by atomic mass is 10.1. The van der Waals surface area contributed by atoms with E-state index in [0.29, 0.717) is 22.2 Å². The largest absolute Gasteiger partial charge is 0.392 e. The summed E-state index contributed by atoms with van der Waals surface area (Å²) in [5, 5.41) is 12.4. The molecule has 0 fully saturated rings. The summed E-state index contributed by atoms with van der Waals surface area (Å²) in [6.45, 7) is 3.50. The summed E-state index contributed by atoms with van der Waals surface area (Å²) in [5.74, 6) is -0.691. The smallest absolute Gasteiger partial charge is 0.252 e. The first-order valence-electron chi connectivity index (χ1n) is 6.00. The number of carbonyl (C=O) groups excluding carboxylic acids is 1. The van der Waals surface area contributed by atoms with Crippen molar-refractivity contribution in [2.24, 2.45) is 0 Å². The van der Waals surface area contributed by atoms with E-state index in [2.05, 4.69) is 10.3 Å². The summed E-state index contributed by atoms with van der Waals surface area (Å²) in [6.07, 6.45) is -0.615. The Hall–Kier alpha value is -2.01. The number of aromatic nitrogens is 1. The zero-order chi connectivity index (χ0) is 14.0. The Labute approximate surface area is 110 Å². The topological polar surface area (TPSA) is 62.2 Å². The molecule has 1 heterocycles. The number of aryl methyl sites for hydroxylation is 1. The van der Waals surface area contributed by atoms with E-state index >= 15 is 0 Å². The molecule has 0 aliphatic heterocycles. The van der Waals surface area contributed by atoms with Crippen molar-refractivity contribution < 1.29 is 14.3 Å². The highest BCUT2D eigenvalue weighted by atomic mass is 19.1. The van der Waals surface area contributed by atoms with Crippen LogP contribution in [0.3, 0.4) is 0 Å². The van der Waals surface area contributed by atoms with E-state index in [4.69, 9.17) is 0 Å².